The molecule has 0 saturated carbocycles. The van der Waals surface area contributed by atoms with Crippen molar-refractivity contribution < 1.29 is 5.11 Å². The summed E-state index contributed by atoms with van der Waals surface area (Å²) in [6.45, 7) is 2.38. The molecular weight excluding hydrogens is 210 g/mol. The van der Waals surface area contributed by atoms with Gasteiger partial charge in [0, 0.05) is 0 Å². The van der Waals surface area contributed by atoms with E-state index >= 15 is 0 Å². The Hall–Kier alpha value is -1.02. The zero-order chi connectivity index (χ0) is 11.9. The van der Waals surface area contributed by atoms with Gasteiger partial charge in [-0.2, -0.15) is 0 Å². The summed E-state index contributed by atoms with van der Waals surface area (Å²) in [4.78, 5) is 2.42. The van der Waals surface area contributed by atoms with Gasteiger partial charge in [-0.25, -0.2) is 0 Å². The van der Waals surface area contributed by atoms with E-state index in [-0.39, 0.29) is 0 Å². The van der Waals surface area contributed by atoms with Gasteiger partial charge in [-0.15, -0.1) is 0 Å². The fourth-order valence-electron chi connectivity index (χ4n) is 3.64. The molecule has 1 spiro atoms. The molecule has 1 aliphatic carbocycles. The zero-order valence-corrected chi connectivity index (χ0v) is 10.6. The first-order valence-electron chi connectivity index (χ1n) is 6.71. The van der Waals surface area contributed by atoms with E-state index in [1.165, 1.54) is 49.9 Å². The standard InChI is InChI=1S/C15H21NO/c1-16-10-8-15(9-11-16)7-3-4-12-13(15)5-2-6-14(12)17/h2,5-6,17H,3-4,7-11H2,1H3. The van der Waals surface area contributed by atoms with Gasteiger partial charge in [0.25, 0.3) is 0 Å². The van der Waals surface area contributed by atoms with Gasteiger partial charge in [0.05, 0.1) is 0 Å². The summed E-state index contributed by atoms with van der Waals surface area (Å²) in [7, 11) is 2.21. The second kappa shape index (κ2) is 4.02. The number of phenols is 1. The topological polar surface area (TPSA) is 23.5 Å². The molecule has 0 unspecified atom stereocenters. The lowest BCUT2D eigenvalue weighted by atomic mass is 9.65. The minimum absolute atomic E-state index is 0.360. The summed E-state index contributed by atoms with van der Waals surface area (Å²) in [5.74, 6) is 0.514. The molecular formula is C15H21NO. The molecule has 17 heavy (non-hydrogen) atoms. The highest BCUT2D eigenvalue weighted by Gasteiger charge is 2.39. The van der Waals surface area contributed by atoms with Crippen molar-refractivity contribution in [3.63, 3.8) is 0 Å². The number of likely N-dealkylation sites (tertiary alicyclic amines) is 1. The molecule has 1 aromatic carbocycles. The molecule has 1 heterocycles. The highest BCUT2D eigenvalue weighted by atomic mass is 16.3. The molecule has 2 nitrogen and oxygen atoms in total. The van der Waals surface area contributed by atoms with Crippen LogP contribution < -0.4 is 0 Å². The maximum Gasteiger partial charge on any atom is 0.119 e. The van der Waals surface area contributed by atoms with Gasteiger partial charge in [0.1, 0.15) is 5.75 Å². The predicted molar refractivity (Wildman–Crippen MR) is 69.5 cm³/mol. The third-order valence-corrected chi connectivity index (χ3v) is 4.75. The van der Waals surface area contributed by atoms with Crippen molar-refractivity contribution in [2.45, 2.75) is 37.5 Å². The molecule has 2 heteroatoms. The summed E-state index contributed by atoms with van der Waals surface area (Å²) >= 11 is 0. The summed E-state index contributed by atoms with van der Waals surface area (Å²) in [6, 6.07) is 6.10. The van der Waals surface area contributed by atoms with E-state index in [1.54, 1.807) is 0 Å². The van der Waals surface area contributed by atoms with Gasteiger partial charge in [-0.1, -0.05) is 12.1 Å². The summed E-state index contributed by atoms with van der Waals surface area (Å²) in [6.07, 6.45) is 6.09. The van der Waals surface area contributed by atoms with Gasteiger partial charge >= 0.3 is 0 Å². The number of fused-ring (bicyclic) bond motifs is 2. The highest BCUT2D eigenvalue weighted by molar-refractivity contribution is 5.45. The third-order valence-electron chi connectivity index (χ3n) is 4.75. The van der Waals surface area contributed by atoms with E-state index in [0.29, 0.717) is 11.2 Å². The van der Waals surface area contributed by atoms with Crippen molar-refractivity contribution in [2.24, 2.45) is 0 Å². The van der Waals surface area contributed by atoms with E-state index < -0.39 is 0 Å². The van der Waals surface area contributed by atoms with Crippen LogP contribution in [0.4, 0.5) is 0 Å². The molecule has 1 aliphatic heterocycles. The Balaban J connectivity index is 2.02. The molecule has 1 saturated heterocycles. The lowest BCUT2D eigenvalue weighted by Gasteiger charge is -2.44. The molecule has 2 aliphatic rings. The van der Waals surface area contributed by atoms with Gasteiger partial charge in [0.15, 0.2) is 0 Å². The van der Waals surface area contributed by atoms with Crippen molar-refractivity contribution in [2.75, 3.05) is 20.1 Å². The smallest absolute Gasteiger partial charge is 0.119 e. The van der Waals surface area contributed by atoms with Crippen LogP contribution in [0.3, 0.4) is 0 Å². The minimum atomic E-state index is 0.360. The van der Waals surface area contributed by atoms with Crippen LogP contribution in [0.1, 0.15) is 36.8 Å². The van der Waals surface area contributed by atoms with Gasteiger partial charge in [-0.05, 0) is 74.8 Å². The van der Waals surface area contributed by atoms with Gasteiger partial charge in [-0.3, -0.25) is 0 Å². The quantitative estimate of drug-likeness (QED) is 0.742. The van der Waals surface area contributed by atoms with Crippen molar-refractivity contribution in [3.8, 4) is 5.75 Å². The van der Waals surface area contributed by atoms with Crippen LogP contribution in [-0.4, -0.2) is 30.1 Å². The van der Waals surface area contributed by atoms with Crippen molar-refractivity contribution in [3.05, 3.63) is 29.3 Å². The molecule has 0 atom stereocenters. The third kappa shape index (κ3) is 1.75. The first kappa shape index (κ1) is 11.1. The van der Waals surface area contributed by atoms with Crippen molar-refractivity contribution >= 4 is 0 Å². The SMILES string of the molecule is CN1CCC2(CCCc3c(O)cccc32)CC1. The Morgan fingerprint density at radius 1 is 1.18 bits per heavy atom. The Labute approximate surface area is 103 Å². The molecule has 0 radical (unpaired) electrons. The van der Waals surface area contributed by atoms with E-state index in [9.17, 15) is 5.11 Å². The molecule has 0 aromatic heterocycles. The van der Waals surface area contributed by atoms with E-state index in [0.717, 1.165) is 6.42 Å². The number of benzene rings is 1. The lowest BCUT2D eigenvalue weighted by Crippen LogP contribution is -2.42. The number of aromatic hydroxyl groups is 1. The predicted octanol–water partition coefficient (Wildman–Crippen LogP) is 2.69. The minimum Gasteiger partial charge on any atom is -0.508 e. The van der Waals surface area contributed by atoms with Crippen LogP contribution >= 0.6 is 0 Å². The lowest BCUT2D eigenvalue weighted by molar-refractivity contribution is 0.169. The molecule has 1 N–H and O–H groups in total. The maximum absolute atomic E-state index is 10.0. The van der Waals surface area contributed by atoms with Crippen LogP contribution in [0.15, 0.2) is 18.2 Å². The van der Waals surface area contributed by atoms with Crippen LogP contribution in [0.25, 0.3) is 0 Å². The van der Waals surface area contributed by atoms with E-state index in [2.05, 4.69) is 18.0 Å². The maximum atomic E-state index is 10.0. The Morgan fingerprint density at radius 3 is 2.71 bits per heavy atom. The Kier molecular flexibility index (Phi) is 2.62. The molecule has 0 amide bonds. The second-order valence-corrected chi connectivity index (χ2v) is 5.74. The average Bonchev–Trinajstić information content (AvgIpc) is 2.35. The number of piperidine rings is 1. The number of rotatable bonds is 0. The largest absolute Gasteiger partial charge is 0.508 e. The van der Waals surface area contributed by atoms with Crippen LogP contribution in [0, 0.1) is 0 Å². The summed E-state index contributed by atoms with van der Waals surface area (Å²) in [5.41, 5.74) is 3.03. The fraction of sp³-hybridized carbons (Fsp3) is 0.600. The van der Waals surface area contributed by atoms with E-state index in [4.69, 9.17) is 0 Å². The molecule has 3 rings (SSSR count). The normalized spacial score (nSPS) is 23.6. The van der Waals surface area contributed by atoms with Gasteiger partial charge in [0.2, 0.25) is 0 Å². The zero-order valence-electron chi connectivity index (χ0n) is 10.6. The van der Waals surface area contributed by atoms with Crippen molar-refractivity contribution in [1.29, 1.82) is 0 Å². The van der Waals surface area contributed by atoms with Crippen LogP contribution in [0.5, 0.6) is 5.75 Å². The highest BCUT2D eigenvalue weighted by Crippen LogP contribution is 2.46. The van der Waals surface area contributed by atoms with Gasteiger partial charge < -0.3 is 10.0 Å². The summed E-state index contributed by atoms with van der Waals surface area (Å²) < 4.78 is 0. The van der Waals surface area contributed by atoms with E-state index in [1.807, 2.05) is 12.1 Å². The van der Waals surface area contributed by atoms with Crippen LogP contribution in [-0.2, 0) is 11.8 Å². The molecule has 1 aromatic rings. The fourth-order valence-corrected chi connectivity index (χ4v) is 3.64. The monoisotopic (exact) mass is 231 g/mol. The number of hydrogen-bond donors (Lipinski definition) is 1. The van der Waals surface area contributed by atoms with Crippen molar-refractivity contribution in [1.82, 2.24) is 4.90 Å². The first-order chi connectivity index (χ1) is 8.21. The molecule has 92 valence electrons. The summed E-state index contributed by atoms with van der Waals surface area (Å²) in [5, 5.41) is 10.0. The average molecular weight is 231 g/mol. The number of phenolic OH excluding ortho intramolecular Hbond substituents is 1. The Morgan fingerprint density at radius 2 is 1.94 bits per heavy atom. The van der Waals surface area contributed by atoms with Crippen LogP contribution in [0.2, 0.25) is 0 Å². The molecule has 0 bridgehead atoms. The Bertz CT molecular complexity index is 419. The number of hydrogen-bond acceptors (Lipinski definition) is 2. The first-order valence-corrected chi connectivity index (χ1v) is 6.71. The number of nitrogens with zero attached hydrogens (tertiary/aromatic N) is 1. The second-order valence-electron chi connectivity index (χ2n) is 5.74. The molecule has 1 fully saturated rings.